The summed E-state index contributed by atoms with van der Waals surface area (Å²) in [4.78, 5) is 0. The first-order chi connectivity index (χ1) is 9.74. The summed E-state index contributed by atoms with van der Waals surface area (Å²) in [6.45, 7) is 1.98. The first-order valence-electron chi connectivity index (χ1n) is 7.13. The molecular weight excluding hydrogens is 254 g/mol. The molecule has 1 aliphatic carbocycles. The SMILES string of the molecule is NC(=NO)c1cccc(CNCC2CCCC2CO)c1. The van der Waals surface area contributed by atoms with E-state index in [1.807, 2.05) is 24.3 Å². The van der Waals surface area contributed by atoms with E-state index < -0.39 is 0 Å². The van der Waals surface area contributed by atoms with Crippen LogP contribution < -0.4 is 11.1 Å². The number of amidine groups is 1. The van der Waals surface area contributed by atoms with Crippen molar-refractivity contribution in [3.05, 3.63) is 35.4 Å². The Morgan fingerprint density at radius 1 is 1.35 bits per heavy atom. The lowest BCUT2D eigenvalue weighted by molar-refractivity contribution is 0.192. The van der Waals surface area contributed by atoms with Crippen LogP contribution in [0, 0.1) is 11.8 Å². The van der Waals surface area contributed by atoms with E-state index in [1.165, 1.54) is 12.8 Å². The summed E-state index contributed by atoms with van der Waals surface area (Å²) in [6.07, 6.45) is 3.56. The topological polar surface area (TPSA) is 90.9 Å². The van der Waals surface area contributed by atoms with E-state index in [0.717, 1.165) is 30.6 Å². The van der Waals surface area contributed by atoms with Crippen LogP contribution in [0.4, 0.5) is 0 Å². The molecule has 5 nitrogen and oxygen atoms in total. The second-order valence-corrected chi connectivity index (χ2v) is 5.45. The molecule has 2 rings (SSSR count). The van der Waals surface area contributed by atoms with Crippen molar-refractivity contribution in [2.75, 3.05) is 13.2 Å². The third-order valence-corrected chi connectivity index (χ3v) is 4.12. The Hall–Kier alpha value is -1.59. The number of nitrogens with zero attached hydrogens (tertiary/aromatic N) is 1. The van der Waals surface area contributed by atoms with Gasteiger partial charge in [0.1, 0.15) is 0 Å². The van der Waals surface area contributed by atoms with Crippen molar-refractivity contribution in [1.82, 2.24) is 5.32 Å². The number of rotatable bonds is 6. The molecule has 2 unspecified atom stereocenters. The number of aliphatic hydroxyl groups is 1. The van der Waals surface area contributed by atoms with Crippen LogP contribution in [0.1, 0.15) is 30.4 Å². The van der Waals surface area contributed by atoms with Gasteiger partial charge in [-0.05, 0) is 42.9 Å². The Balaban J connectivity index is 1.85. The van der Waals surface area contributed by atoms with Crippen LogP contribution in [0.5, 0.6) is 0 Å². The molecule has 2 atom stereocenters. The summed E-state index contributed by atoms with van der Waals surface area (Å²) >= 11 is 0. The lowest BCUT2D eigenvalue weighted by atomic mass is 9.97. The van der Waals surface area contributed by atoms with E-state index in [4.69, 9.17) is 10.9 Å². The van der Waals surface area contributed by atoms with Crippen LogP contribution in [-0.4, -0.2) is 29.3 Å². The molecular formula is C15H23N3O2. The predicted octanol–water partition coefficient (Wildman–Crippen LogP) is 1.28. The molecule has 0 spiro atoms. The molecule has 0 amide bonds. The minimum Gasteiger partial charge on any atom is -0.409 e. The van der Waals surface area contributed by atoms with E-state index in [0.29, 0.717) is 18.4 Å². The third kappa shape index (κ3) is 3.71. The van der Waals surface area contributed by atoms with Gasteiger partial charge in [-0.15, -0.1) is 0 Å². The zero-order valence-electron chi connectivity index (χ0n) is 11.6. The van der Waals surface area contributed by atoms with Crippen LogP contribution in [0.15, 0.2) is 29.4 Å². The Kier molecular flexibility index (Phi) is 5.38. The Morgan fingerprint density at radius 2 is 2.15 bits per heavy atom. The van der Waals surface area contributed by atoms with Crippen LogP contribution >= 0.6 is 0 Å². The molecule has 0 saturated heterocycles. The summed E-state index contributed by atoms with van der Waals surface area (Å²) in [6, 6.07) is 7.65. The molecule has 1 saturated carbocycles. The summed E-state index contributed by atoms with van der Waals surface area (Å²) in [5.41, 5.74) is 7.41. The minimum atomic E-state index is 0.128. The average molecular weight is 277 g/mol. The number of nitrogens with two attached hydrogens (primary N) is 1. The molecule has 5 heteroatoms. The van der Waals surface area contributed by atoms with Crippen LogP contribution in [0.3, 0.4) is 0 Å². The molecule has 5 N–H and O–H groups in total. The summed E-state index contributed by atoms with van der Waals surface area (Å²) in [5, 5.41) is 24.4. The smallest absolute Gasteiger partial charge is 0.170 e. The van der Waals surface area contributed by atoms with Gasteiger partial charge in [-0.1, -0.05) is 29.8 Å². The highest BCUT2D eigenvalue weighted by Crippen LogP contribution is 2.30. The maximum Gasteiger partial charge on any atom is 0.170 e. The van der Waals surface area contributed by atoms with Gasteiger partial charge in [-0.2, -0.15) is 0 Å². The first kappa shape index (κ1) is 14.8. The van der Waals surface area contributed by atoms with Crippen molar-refractivity contribution in [3.8, 4) is 0 Å². The highest BCUT2D eigenvalue weighted by atomic mass is 16.4. The molecule has 1 aliphatic rings. The standard InChI is InChI=1S/C15H23N3O2/c16-15(18-20)12-4-1-3-11(7-12)8-17-9-13-5-2-6-14(13)10-19/h1,3-4,7,13-14,17,19-20H,2,5-6,8-10H2,(H2,16,18). The normalized spacial score (nSPS) is 23.1. The molecule has 0 aliphatic heterocycles. The lowest BCUT2D eigenvalue weighted by Crippen LogP contribution is -2.26. The van der Waals surface area contributed by atoms with Gasteiger partial charge in [-0.3, -0.25) is 0 Å². The number of oxime groups is 1. The molecule has 0 aromatic heterocycles. The molecule has 0 bridgehead atoms. The minimum absolute atomic E-state index is 0.128. The predicted molar refractivity (Wildman–Crippen MR) is 78.6 cm³/mol. The average Bonchev–Trinajstić information content (AvgIpc) is 2.94. The zero-order valence-corrected chi connectivity index (χ0v) is 11.6. The molecule has 110 valence electrons. The van der Waals surface area contributed by atoms with Gasteiger partial charge in [0.25, 0.3) is 0 Å². The number of hydrogen-bond acceptors (Lipinski definition) is 4. The van der Waals surface area contributed by atoms with E-state index >= 15 is 0 Å². The molecule has 0 heterocycles. The van der Waals surface area contributed by atoms with Crippen LogP contribution in [0.2, 0.25) is 0 Å². The zero-order chi connectivity index (χ0) is 14.4. The van der Waals surface area contributed by atoms with Crippen molar-refractivity contribution < 1.29 is 10.3 Å². The Bertz CT molecular complexity index is 462. The number of benzene rings is 1. The molecule has 20 heavy (non-hydrogen) atoms. The van der Waals surface area contributed by atoms with Crippen molar-refractivity contribution in [3.63, 3.8) is 0 Å². The van der Waals surface area contributed by atoms with E-state index in [9.17, 15) is 5.11 Å². The van der Waals surface area contributed by atoms with Gasteiger partial charge < -0.3 is 21.4 Å². The number of aliphatic hydroxyl groups excluding tert-OH is 1. The van der Waals surface area contributed by atoms with Gasteiger partial charge >= 0.3 is 0 Å². The maximum absolute atomic E-state index is 9.30. The highest BCUT2D eigenvalue weighted by molar-refractivity contribution is 5.97. The molecule has 1 fully saturated rings. The summed E-state index contributed by atoms with van der Waals surface area (Å²) in [5.74, 6) is 1.15. The monoisotopic (exact) mass is 277 g/mol. The Morgan fingerprint density at radius 3 is 2.90 bits per heavy atom. The molecule has 1 aromatic rings. The van der Waals surface area contributed by atoms with Crippen molar-refractivity contribution in [2.24, 2.45) is 22.7 Å². The second kappa shape index (κ2) is 7.26. The van der Waals surface area contributed by atoms with Gasteiger partial charge in [0.15, 0.2) is 5.84 Å². The largest absolute Gasteiger partial charge is 0.409 e. The first-order valence-corrected chi connectivity index (χ1v) is 7.13. The summed E-state index contributed by atoms with van der Waals surface area (Å²) < 4.78 is 0. The third-order valence-electron chi connectivity index (χ3n) is 4.12. The van der Waals surface area contributed by atoms with Crippen molar-refractivity contribution >= 4 is 5.84 Å². The fourth-order valence-electron chi connectivity index (χ4n) is 2.92. The number of hydrogen-bond donors (Lipinski definition) is 4. The van der Waals surface area contributed by atoms with Crippen LogP contribution in [-0.2, 0) is 6.54 Å². The highest BCUT2D eigenvalue weighted by Gasteiger charge is 2.25. The fraction of sp³-hybridized carbons (Fsp3) is 0.533. The maximum atomic E-state index is 9.30. The van der Waals surface area contributed by atoms with Crippen molar-refractivity contribution in [1.29, 1.82) is 0 Å². The van der Waals surface area contributed by atoms with E-state index in [-0.39, 0.29) is 5.84 Å². The van der Waals surface area contributed by atoms with Gasteiger partial charge in [0.2, 0.25) is 0 Å². The molecule has 0 radical (unpaired) electrons. The van der Waals surface area contributed by atoms with Gasteiger partial charge in [-0.25, -0.2) is 0 Å². The summed E-state index contributed by atoms with van der Waals surface area (Å²) in [7, 11) is 0. The second-order valence-electron chi connectivity index (χ2n) is 5.45. The number of nitrogens with one attached hydrogen (secondary N) is 1. The van der Waals surface area contributed by atoms with Gasteiger partial charge in [0, 0.05) is 18.7 Å². The van der Waals surface area contributed by atoms with E-state index in [2.05, 4.69) is 10.5 Å². The van der Waals surface area contributed by atoms with Crippen molar-refractivity contribution in [2.45, 2.75) is 25.8 Å². The fourth-order valence-corrected chi connectivity index (χ4v) is 2.92. The van der Waals surface area contributed by atoms with Crippen LogP contribution in [0.25, 0.3) is 0 Å². The molecule has 1 aromatic carbocycles. The Labute approximate surface area is 119 Å². The van der Waals surface area contributed by atoms with E-state index in [1.54, 1.807) is 0 Å². The quantitative estimate of drug-likeness (QED) is 0.273. The van der Waals surface area contributed by atoms with Gasteiger partial charge in [0.05, 0.1) is 0 Å². The lowest BCUT2D eigenvalue weighted by Gasteiger charge is -2.18.